The van der Waals surface area contributed by atoms with Gasteiger partial charge in [0.05, 0.1) is 19.9 Å². The topological polar surface area (TPSA) is 75.4 Å². The molecule has 0 aliphatic rings. The van der Waals surface area contributed by atoms with Crippen molar-refractivity contribution in [3.05, 3.63) is 59.1 Å². The van der Waals surface area contributed by atoms with Crippen molar-refractivity contribution in [2.24, 2.45) is 0 Å². The fraction of sp³-hybridized carbons (Fsp3) is 0.111. The average molecular weight is 340 g/mol. The minimum absolute atomic E-state index is 0.0835. The number of thiazole rings is 1. The van der Waals surface area contributed by atoms with Crippen molar-refractivity contribution in [1.29, 1.82) is 5.41 Å². The van der Waals surface area contributed by atoms with Crippen LogP contribution in [0.25, 0.3) is 10.6 Å². The van der Waals surface area contributed by atoms with Crippen molar-refractivity contribution in [1.82, 2.24) is 4.98 Å². The fourth-order valence-corrected chi connectivity index (χ4v) is 3.10. The number of hydrogen-bond donors (Lipinski definition) is 2. The highest BCUT2D eigenvalue weighted by Crippen LogP contribution is 2.37. The zero-order valence-corrected chi connectivity index (χ0v) is 14.1. The Bertz CT molecular complexity index is 850. The standard InChI is InChI=1S/C18H16N2O3S/c1-22-14-8-12(9-15(23-2)17(14)21)16(19)13-10-24-18(20-13)11-6-4-3-5-7-11/h3-10,19,21H,1-2H3. The fourth-order valence-electron chi connectivity index (χ4n) is 2.29. The predicted molar refractivity (Wildman–Crippen MR) is 94.7 cm³/mol. The smallest absolute Gasteiger partial charge is 0.200 e. The third-order valence-corrected chi connectivity index (χ3v) is 4.44. The molecule has 0 atom stereocenters. The van der Waals surface area contributed by atoms with Gasteiger partial charge < -0.3 is 14.6 Å². The summed E-state index contributed by atoms with van der Waals surface area (Å²) >= 11 is 1.48. The van der Waals surface area contributed by atoms with Gasteiger partial charge in [0.25, 0.3) is 0 Å². The number of nitrogens with zero attached hydrogens (tertiary/aromatic N) is 1. The van der Waals surface area contributed by atoms with Crippen LogP contribution >= 0.6 is 11.3 Å². The molecule has 2 aromatic carbocycles. The summed E-state index contributed by atoms with van der Waals surface area (Å²) in [5.41, 5.74) is 2.38. The highest BCUT2D eigenvalue weighted by atomic mass is 32.1. The molecule has 3 rings (SSSR count). The second-order valence-corrected chi connectivity index (χ2v) is 5.87. The van der Waals surface area contributed by atoms with Crippen molar-refractivity contribution in [2.45, 2.75) is 0 Å². The molecule has 122 valence electrons. The van der Waals surface area contributed by atoms with E-state index in [1.54, 1.807) is 12.1 Å². The van der Waals surface area contributed by atoms with Crippen molar-refractivity contribution in [3.63, 3.8) is 0 Å². The molecule has 0 spiro atoms. The van der Waals surface area contributed by atoms with Crippen LogP contribution in [0.15, 0.2) is 47.8 Å². The number of phenolic OH excluding ortho intramolecular Hbond substituents is 1. The Morgan fingerprint density at radius 3 is 2.29 bits per heavy atom. The van der Waals surface area contributed by atoms with Gasteiger partial charge >= 0.3 is 0 Å². The minimum Gasteiger partial charge on any atom is -0.502 e. The second kappa shape index (κ2) is 6.72. The maximum atomic E-state index is 9.98. The lowest BCUT2D eigenvalue weighted by Crippen LogP contribution is -2.03. The molecule has 3 aromatic rings. The molecule has 1 heterocycles. The van der Waals surface area contributed by atoms with Gasteiger partial charge in [0.1, 0.15) is 10.7 Å². The highest BCUT2D eigenvalue weighted by Gasteiger charge is 2.16. The van der Waals surface area contributed by atoms with Crippen molar-refractivity contribution in [2.75, 3.05) is 14.2 Å². The van der Waals surface area contributed by atoms with Crippen molar-refractivity contribution in [3.8, 4) is 27.8 Å². The second-order valence-electron chi connectivity index (χ2n) is 5.01. The van der Waals surface area contributed by atoms with Gasteiger partial charge in [0, 0.05) is 16.5 Å². The molecule has 0 saturated carbocycles. The van der Waals surface area contributed by atoms with Gasteiger partial charge in [-0.05, 0) is 12.1 Å². The molecule has 0 unspecified atom stereocenters. The Hall–Kier alpha value is -2.86. The van der Waals surface area contributed by atoms with Gasteiger partial charge in [-0.1, -0.05) is 30.3 Å². The van der Waals surface area contributed by atoms with Crippen LogP contribution in [0.2, 0.25) is 0 Å². The third kappa shape index (κ3) is 2.96. The molecule has 0 bridgehead atoms. The maximum Gasteiger partial charge on any atom is 0.200 e. The zero-order valence-electron chi connectivity index (χ0n) is 13.2. The van der Waals surface area contributed by atoms with E-state index in [4.69, 9.17) is 14.9 Å². The average Bonchev–Trinajstić information content (AvgIpc) is 3.12. The third-order valence-electron chi connectivity index (χ3n) is 3.55. The van der Waals surface area contributed by atoms with Gasteiger partial charge in [-0.2, -0.15) is 0 Å². The Morgan fingerprint density at radius 1 is 1.08 bits per heavy atom. The number of hydrogen-bond acceptors (Lipinski definition) is 6. The molecule has 0 fully saturated rings. The number of nitrogens with one attached hydrogen (secondary N) is 1. The summed E-state index contributed by atoms with van der Waals surface area (Å²) in [6, 6.07) is 13.0. The Kier molecular flexibility index (Phi) is 4.48. The van der Waals surface area contributed by atoms with Gasteiger partial charge in [-0.25, -0.2) is 4.98 Å². The molecule has 24 heavy (non-hydrogen) atoms. The lowest BCUT2D eigenvalue weighted by Gasteiger charge is -2.11. The van der Waals surface area contributed by atoms with Crippen LogP contribution in [0, 0.1) is 5.41 Å². The summed E-state index contributed by atoms with van der Waals surface area (Å²) in [6.45, 7) is 0. The number of methoxy groups -OCH3 is 2. The summed E-state index contributed by atoms with van der Waals surface area (Å²) in [4.78, 5) is 4.54. The first-order chi connectivity index (χ1) is 11.6. The van der Waals surface area contributed by atoms with E-state index in [1.807, 2.05) is 35.7 Å². The van der Waals surface area contributed by atoms with Crippen LogP contribution in [0.1, 0.15) is 11.3 Å². The molecular weight excluding hydrogens is 324 g/mol. The highest BCUT2D eigenvalue weighted by molar-refractivity contribution is 7.13. The molecule has 5 nitrogen and oxygen atoms in total. The Balaban J connectivity index is 1.97. The van der Waals surface area contributed by atoms with E-state index in [0.29, 0.717) is 11.3 Å². The summed E-state index contributed by atoms with van der Waals surface area (Å²) in [6.07, 6.45) is 0. The summed E-state index contributed by atoms with van der Waals surface area (Å²) in [7, 11) is 2.91. The first-order valence-electron chi connectivity index (χ1n) is 7.19. The van der Waals surface area contributed by atoms with Gasteiger partial charge in [0.15, 0.2) is 11.5 Å². The number of benzene rings is 2. The van der Waals surface area contributed by atoms with E-state index in [2.05, 4.69) is 4.98 Å². The summed E-state index contributed by atoms with van der Waals surface area (Å²) < 4.78 is 10.3. The van der Waals surface area contributed by atoms with E-state index in [-0.39, 0.29) is 23.0 Å². The lowest BCUT2D eigenvalue weighted by atomic mass is 10.1. The molecule has 1 aromatic heterocycles. The van der Waals surface area contributed by atoms with Gasteiger partial charge in [0.2, 0.25) is 5.75 Å². The first-order valence-corrected chi connectivity index (χ1v) is 8.07. The largest absolute Gasteiger partial charge is 0.502 e. The predicted octanol–water partition coefficient (Wildman–Crippen LogP) is 3.95. The van der Waals surface area contributed by atoms with E-state index in [0.717, 1.165) is 10.6 Å². The summed E-state index contributed by atoms with van der Waals surface area (Å²) in [5, 5.41) is 21.1. The first kappa shape index (κ1) is 16.0. The molecule has 0 aliphatic carbocycles. The van der Waals surface area contributed by atoms with E-state index >= 15 is 0 Å². The minimum atomic E-state index is -0.0835. The van der Waals surface area contributed by atoms with Crippen LogP contribution < -0.4 is 9.47 Å². The van der Waals surface area contributed by atoms with E-state index in [9.17, 15) is 5.11 Å². The summed E-state index contributed by atoms with van der Waals surface area (Å²) in [5.74, 6) is 0.431. The Labute approximate surface area is 143 Å². The van der Waals surface area contributed by atoms with Crippen LogP contribution in [-0.2, 0) is 0 Å². The quantitative estimate of drug-likeness (QED) is 0.690. The van der Waals surface area contributed by atoms with Crippen LogP contribution in [0.3, 0.4) is 0 Å². The Morgan fingerprint density at radius 2 is 1.71 bits per heavy atom. The molecular formula is C18H16N2O3S. The van der Waals surface area contributed by atoms with Crippen molar-refractivity contribution < 1.29 is 14.6 Å². The number of aromatic nitrogens is 1. The van der Waals surface area contributed by atoms with E-state index in [1.165, 1.54) is 25.6 Å². The molecule has 0 amide bonds. The van der Waals surface area contributed by atoms with Crippen LogP contribution in [0.4, 0.5) is 0 Å². The number of ether oxygens (including phenoxy) is 2. The molecule has 0 saturated heterocycles. The number of aromatic hydroxyl groups is 1. The number of phenols is 1. The molecule has 0 radical (unpaired) electrons. The van der Waals surface area contributed by atoms with Crippen LogP contribution in [-0.4, -0.2) is 30.0 Å². The molecule has 0 aliphatic heterocycles. The van der Waals surface area contributed by atoms with E-state index < -0.39 is 0 Å². The monoisotopic (exact) mass is 340 g/mol. The normalized spacial score (nSPS) is 10.4. The zero-order chi connectivity index (χ0) is 17.1. The van der Waals surface area contributed by atoms with Crippen LogP contribution in [0.5, 0.6) is 17.2 Å². The molecule has 6 heteroatoms. The number of rotatable bonds is 5. The SMILES string of the molecule is COc1cc(C(=N)c2csc(-c3ccccc3)n2)cc(OC)c1O. The molecule has 2 N–H and O–H groups in total. The maximum absolute atomic E-state index is 9.98. The lowest BCUT2D eigenvalue weighted by molar-refractivity contribution is 0.340. The van der Waals surface area contributed by atoms with Gasteiger partial charge in [-0.3, -0.25) is 5.41 Å². The van der Waals surface area contributed by atoms with Crippen molar-refractivity contribution >= 4 is 17.0 Å². The van der Waals surface area contributed by atoms with Gasteiger partial charge in [-0.15, -0.1) is 11.3 Å².